The Labute approximate surface area is 271 Å². The molecule has 0 radical (unpaired) electrons. The van der Waals surface area contributed by atoms with Gasteiger partial charge in [-0.3, -0.25) is 0 Å². The van der Waals surface area contributed by atoms with Crippen LogP contribution < -0.4 is 0 Å². The van der Waals surface area contributed by atoms with Crippen LogP contribution in [0.5, 0.6) is 0 Å². The van der Waals surface area contributed by atoms with E-state index in [-0.39, 0.29) is 39.7 Å². The summed E-state index contributed by atoms with van der Waals surface area (Å²) in [5, 5.41) is 0. The molecule has 0 unspecified atom stereocenters. The van der Waals surface area contributed by atoms with Crippen LogP contribution in [-0.2, 0) is 23.3 Å². The molecule has 0 spiro atoms. The van der Waals surface area contributed by atoms with E-state index in [2.05, 4.69) is 135 Å². The van der Waals surface area contributed by atoms with Gasteiger partial charge in [-0.1, -0.05) is 110 Å². The average molecular weight is 659 g/mol. The maximum absolute atomic E-state index is 3.39. The molecule has 2 aromatic carbocycles. The van der Waals surface area contributed by atoms with Crippen molar-refractivity contribution in [2.24, 2.45) is 0 Å². The number of rotatable bonds is 2. The molecule has 0 saturated heterocycles. The number of hydrogen-bond donors (Lipinski definition) is 0. The van der Waals surface area contributed by atoms with Gasteiger partial charge in [0.05, 0.1) is 0 Å². The van der Waals surface area contributed by atoms with Crippen molar-refractivity contribution in [3.05, 3.63) is 159 Å². The molecule has 0 aromatic heterocycles. The predicted molar refractivity (Wildman–Crippen MR) is 180 cm³/mol. The summed E-state index contributed by atoms with van der Waals surface area (Å²) in [6.07, 6.45) is 0. The summed E-state index contributed by atoms with van der Waals surface area (Å²) in [5.41, 5.74) is 12.4. The molecule has 0 atom stereocenters. The first kappa shape index (κ1) is 37.5. The molecule has 0 aliphatic heterocycles. The molecule has 4 aliphatic rings. The molecule has 0 N–H and O–H groups in total. The zero-order chi connectivity index (χ0) is 25.3. The van der Waals surface area contributed by atoms with E-state index in [4.69, 9.17) is 0 Å². The van der Waals surface area contributed by atoms with Gasteiger partial charge in [-0.2, -0.15) is 23.3 Å². The SMILES string of the molecule is Cc1[c-]c2ccccc(-c3ccccc3)c-2c1.Cc1[c-]c2ccccc(-c3ccccc3)c-2c1.Cl.Cl.[CH3-].[CH3-].[SiH2]=[Zr]. The molecule has 0 heterocycles. The summed E-state index contributed by atoms with van der Waals surface area (Å²) in [7, 11) is 0. The molecule has 0 saturated carbocycles. The maximum atomic E-state index is 3.39. The van der Waals surface area contributed by atoms with Crippen molar-refractivity contribution in [3.63, 3.8) is 0 Å². The average Bonchev–Trinajstić information content (AvgIpc) is 3.33. The first-order valence-corrected chi connectivity index (χ1v) is 17.9. The summed E-state index contributed by atoms with van der Waals surface area (Å²) in [6, 6.07) is 49.1. The number of benzene rings is 2. The predicted octanol–water partition coefficient (Wildman–Crippen LogP) is 9.96. The Morgan fingerprint density at radius 2 is 0.750 bits per heavy atom. The quantitative estimate of drug-likeness (QED) is 0.128. The van der Waals surface area contributed by atoms with Crippen LogP contribution in [0.4, 0.5) is 0 Å². The Bertz CT molecular complexity index is 1370. The van der Waals surface area contributed by atoms with Gasteiger partial charge in [0.2, 0.25) is 0 Å². The molecular formula is C36H36Cl2SiZr-4. The first-order valence-electron chi connectivity index (χ1n) is 12.0. The van der Waals surface area contributed by atoms with E-state index in [0.717, 1.165) is 0 Å². The third kappa shape index (κ3) is 9.28. The van der Waals surface area contributed by atoms with E-state index in [9.17, 15) is 0 Å². The Balaban J connectivity index is 0.000000655. The molecule has 4 aliphatic carbocycles. The third-order valence-corrected chi connectivity index (χ3v) is 5.99. The first-order chi connectivity index (χ1) is 17.7. The van der Waals surface area contributed by atoms with Crippen LogP contribution in [0.25, 0.3) is 44.5 Å². The van der Waals surface area contributed by atoms with E-state index < -0.39 is 0 Å². The molecule has 0 fully saturated rings. The van der Waals surface area contributed by atoms with E-state index in [1.54, 1.807) is 23.3 Å². The van der Waals surface area contributed by atoms with Gasteiger partial charge in [0.1, 0.15) is 0 Å². The molecule has 6 rings (SSSR count). The molecule has 4 heteroatoms. The van der Waals surface area contributed by atoms with Gasteiger partial charge < -0.3 is 14.9 Å². The topological polar surface area (TPSA) is 0 Å². The fraction of sp³-hybridized carbons (Fsp3) is 0.0556. The summed E-state index contributed by atoms with van der Waals surface area (Å²) in [4.78, 5) is 0. The minimum absolute atomic E-state index is 0. The second-order valence-corrected chi connectivity index (χ2v) is 8.56. The monoisotopic (exact) mass is 656 g/mol. The van der Waals surface area contributed by atoms with Gasteiger partial charge in [0.15, 0.2) is 0 Å². The second-order valence-electron chi connectivity index (χ2n) is 8.56. The Kier molecular flexibility index (Phi) is 17.6. The zero-order valence-electron chi connectivity index (χ0n) is 23.6. The van der Waals surface area contributed by atoms with E-state index in [1.807, 2.05) is 19.0 Å². The van der Waals surface area contributed by atoms with Crippen LogP contribution in [-0.4, -0.2) is 6.88 Å². The van der Waals surface area contributed by atoms with Gasteiger partial charge in [0.25, 0.3) is 0 Å². The third-order valence-electron chi connectivity index (χ3n) is 5.99. The van der Waals surface area contributed by atoms with E-state index in [1.165, 1.54) is 55.6 Å². The van der Waals surface area contributed by atoms with E-state index >= 15 is 0 Å². The van der Waals surface area contributed by atoms with Gasteiger partial charge in [-0.25, -0.2) is 0 Å². The van der Waals surface area contributed by atoms with Crippen molar-refractivity contribution in [1.82, 2.24) is 0 Å². The van der Waals surface area contributed by atoms with Crippen molar-refractivity contribution < 1.29 is 23.3 Å². The van der Waals surface area contributed by atoms with Gasteiger partial charge in [-0.05, 0) is 11.1 Å². The number of fused-ring (bicyclic) bond motifs is 2. The summed E-state index contributed by atoms with van der Waals surface area (Å²) < 4.78 is 0. The Morgan fingerprint density at radius 3 is 1.10 bits per heavy atom. The Morgan fingerprint density at radius 1 is 0.450 bits per heavy atom. The number of hydrogen-bond acceptors (Lipinski definition) is 0. The summed E-state index contributed by atoms with van der Waals surface area (Å²) in [5.74, 6) is 0. The Hall–Kier alpha value is -2.48. The fourth-order valence-electron chi connectivity index (χ4n) is 4.45. The van der Waals surface area contributed by atoms with Crippen LogP contribution in [0.3, 0.4) is 0 Å². The number of halogens is 2. The van der Waals surface area contributed by atoms with Crippen LogP contribution in [0.1, 0.15) is 11.1 Å². The van der Waals surface area contributed by atoms with Crippen LogP contribution in [0, 0.1) is 40.8 Å². The number of aryl methyl sites for hydroxylation is 2. The zero-order valence-corrected chi connectivity index (χ0v) is 29.1. The second kappa shape index (κ2) is 18.8. The van der Waals surface area contributed by atoms with Crippen molar-refractivity contribution in [2.45, 2.75) is 13.8 Å². The summed E-state index contributed by atoms with van der Waals surface area (Å²) in [6.45, 7) is 6.14. The molecule has 206 valence electrons. The van der Waals surface area contributed by atoms with Crippen LogP contribution in [0.15, 0.2) is 121 Å². The normalized spacial score (nSPS) is 9.12. The van der Waals surface area contributed by atoms with Crippen molar-refractivity contribution >= 4 is 31.7 Å². The molecule has 0 bridgehead atoms. The van der Waals surface area contributed by atoms with Gasteiger partial charge in [-0.15, -0.1) is 83.5 Å². The van der Waals surface area contributed by atoms with Crippen molar-refractivity contribution in [3.8, 4) is 44.5 Å². The van der Waals surface area contributed by atoms with Gasteiger partial charge in [0, 0.05) is 0 Å². The fourth-order valence-corrected chi connectivity index (χ4v) is 4.45. The molecular weight excluding hydrogens is 623 g/mol. The standard InChI is InChI=1S/2C17H13.2CH3.2ClH.H2Si.Zr/c2*1-13-11-15-9-5-6-10-16(17(15)12-13)14-7-3-2-4-8-14;;;;;;/h2*2-10,12H,1H3;2*1H3;2*1H;1H2;/q4*-1;;;;. The molecule has 0 amide bonds. The van der Waals surface area contributed by atoms with Crippen molar-refractivity contribution in [1.29, 1.82) is 0 Å². The van der Waals surface area contributed by atoms with E-state index in [0.29, 0.717) is 0 Å². The van der Waals surface area contributed by atoms with Crippen LogP contribution in [0.2, 0.25) is 0 Å². The molecule has 40 heavy (non-hydrogen) atoms. The molecule has 2 aromatic rings. The molecule has 0 nitrogen and oxygen atoms in total. The van der Waals surface area contributed by atoms with Gasteiger partial charge >= 0.3 is 30.2 Å². The van der Waals surface area contributed by atoms with Crippen LogP contribution >= 0.6 is 24.8 Å². The summed E-state index contributed by atoms with van der Waals surface area (Å²) >= 11 is 1.58. The minimum atomic E-state index is 0. The van der Waals surface area contributed by atoms with Crippen molar-refractivity contribution in [2.75, 3.05) is 0 Å².